The van der Waals surface area contributed by atoms with E-state index in [0.717, 1.165) is 16.9 Å². The van der Waals surface area contributed by atoms with Crippen LogP contribution < -0.4 is 10.1 Å². The van der Waals surface area contributed by atoms with Crippen molar-refractivity contribution >= 4 is 5.91 Å². The van der Waals surface area contributed by atoms with Crippen molar-refractivity contribution in [1.29, 1.82) is 0 Å². The molecule has 0 aliphatic heterocycles. The number of rotatable bonds is 7. The number of carbonyl (C=O) groups excluding carboxylic acids is 1. The van der Waals surface area contributed by atoms with Crippen molar-refractivity contribution in [2.24, 2.45) is 5.92 Å². The summed E-state index contributed by atoms with van der Waals surface area (Å²) in [7, 11) is 1.63. The molecule has 0 saturated carbocycles. The topological polar surface area (TPSA) is 69.0 Å². The number of ether oxygens (including phenoxy) is 1. The van der Waals surface area contributed by atoms with Gasteiger partial charge in [0.05, 0.1) is 25.9 Å². The summed E-state index contributed by atoms with van der Waals surface area (Å²) in [6.45, 7) is 4.72. The van der Waals surface area contributed by atoms with Crippen LogP contribution in [0.3, 0.4) is 0 Å². The number of hydrogen-bond donors (Lipinski definition) is 1. The van der Waals surface area contributed by atoms with Crippen LogP contribution in [0.1, 0.15) is 41.5 Å². The van der Waals surface area contributed by atoms with Crippen LogP contribution in [0.15, 0.2) is 60.8 Å². The molecule has 0 aliphatic rings. The molecule has 0 fully saturated rings. The highest BCUT2D eigenvalue weighted by Gasteiger charge is 2.21. The molecule has 0 radical (unpaired) electrons. The maximum absolute atomic E-state index is 12.7. The molecule has 6 heteroatoms. The third kappa shape index (κ3) is 4.73. The predicted octanol–water partition coefficient (Wildman–Crippen LogP) is 3.46. The average molecular weight is 364 g/mol. The predicted molar refractivity (Wildman–Crippen MR) is 104 cm³/mol. The maximum atomic E-state index is 12.7. The lowest BCUT2D eigenvalue weighted by atomic mass is 9.96. The van der Waals surface area contributed by atoms with Gasteiger partial charge < -0.3 is 10.1 Å². The van der Waals surface area contributed by atoms with E-state index in [1.807, 2.05) is 54.6 Å². The third-order valence-electron chi connectivity index (χ3n) is 4.39. The Hall–Kier alpha value is -3.15. The van der Waals surface area contributed by atoms with E-state index < -0.39 is 0 Å². The summed E-state index contributed by atoms with van der Waals surface area (Å²) in [5.74, 6) is 0.780. The van der Waals surface area contributed by atoms with Gasteiger partial charge in [0.25, 0.3) is 5.91 Å². The minimum absolute atomic E-state index is 0.123. The zero-order chi connectivity index (χ0) is 19.2. The standard InChI is InChI=1S/C21H24N4O2/c1-15(2)20(17-9-11-18(27-3)12-10-17)22-21(26)19-14-25(24-23-19)13-16-7-5-4-6-8-16/h4-12,14-15,20H,13H2,1-3H3,(H,22,26). The fraction of sp³-hybridized carbons (Fsp3) is 0.286. The van der Waals surface area contributed by atoms with Gasteiger partial charge in [0.1, 0.15) is 5.75 Å². The highest BCUT2D eigenvalue weighted by Crippen LogP contribution is 2.24. The Kier molecular flexibility index (Phi) is 5.86. The summed E-state index contributed by atoms with van der Waals surface area (Å²) in [6, 6.07) is 17.5. The molecule has 27 heavy (non-hydrogen) atoms. The van der Waals surface area contributed by atoms with Gasteiger partial charge in [-0.05, 0) is 29.2 Å². The molecule has 1 aromatic heterocycles. The zero-order valence-corrected chi connectivity index (χ0v) is 15.8. The largest absolute Gasteiger partial charge is 0.497 e. The van der Waals surface area contributed by atoms with E-state index >= 15 is 0 Å². The zero-order valence-electron chi connectivity index (χ0n) is 15.8. The lowest BCUT2D eigenvalue weighted by molar-refractivity contribution is 0.0920. The number of amides is 1. The Bertz CT molecular complexity index is 873. The van der Waals surface area contributed by atoms with Gasteiger partial charge in [0.2, 0.25) is 0 Å². The summed E-state index contributed by atoms with van der Waals surface area (Å²) < 4.78 is 6.87. The second-order valence-corrected chi connectivity index (χ2v) is 6.76. The maximum Gasteiger partial charge on any atom is 0.273 e. The highest BCUT2D eigenvalue weighted by molar-refractivity contribution is 5.92. The summed E-state index contributed by atoms with van der Waals surface area (Å²) in [6.07, 6.45) is 1.67. The number of methoxy groups -OCH3 is 1. The van der Waals surface area contributed by atoms with Crippen molar-refractivity contribution in [3.63, 3.8) is 0 Å². The second-order valence-electron chi connectivity index (χ2n) is 6.76. The number of nitrogens with one attached hydrogen (secondary N) is 1. The molecule has 1 atom stereocenters. The van der Waals surface area contributed by atoms with Gasteiger partial charge in [-0.1, -0.05) is 61.5 Å². The van der Waals surface area contributed by atoms with E-state index in [2.05, 4.69) is 29.5 Å². The van der Waals surface area contributed by atoms with E-state index in [4.69, 9.17) is 4.74 Å². The molecule has 6 nitrogen and oxygen atoms in total. The Balaban J connectivity index is 1.70. The van der Waals surface area contributed by atoms with Crippen LogP contribution in [-0.2, 0) is 6.54 Å². The minimum Gasteiger partial charge on any atom is -0.497 e. The van der Waals surface area contributed by atoms with Crippen molar-refractivity contribution in [2.75, 3.05) is 7.11 Å². The van der Waals surface area contributed by atoms with Crippen LogP contribution in [-0.4, -0.2) is 28.0 Å². The van der Waals surface area contributed by atoms with Crippen LogP contribution in [0.4, 0.5) is 0 Å². The van der Waals surface area contributed by atoms with Gasteiger partial charge >= 0.3 is 0 Å². The van der Waals surface area contributed by atoms with Crippen molar-refractivity contribution in [1.82, 2.24) is 20.3 Å². The molecule has 1 unspecified atom stereocenters. The smallest absolute Gasteiger partial charge is 0.273 e. The van der Waals surface area contributed by atoms with Gasteiger partial charge in [0.15, 0.2) is 5.69 Å². The SMILES string of the molecule is COc1ccc(C(NC(=O)c2cn(Cc3ccccc3)nn2)C(C)C)cc1. The van der Waals surface area contributed by atoms with E-state index in [9.17, 15) is 4.79 Å². The first-order chi connectivity index (χ1) is 13.1. The first-order valence-electron chi connectivity index (χ1n) is 8.95. The molecule has 1 N–H and O–H groups in total. The number of nitrogens with zero attached hydrogens (tertiary/aromatic N) is 3. The summed E-state index contributed by atoms with van der Waals surface area (Å²) in [4.78, 5) is 12.7. The quantitative estimate of drug-likeness (QED) is 0.697. The lowest BCUT2D eigenvalue weighted by Crippen LogP contribution is -2.32. The summed E-state index contributed by atoms with van der Waals surface area (Å²) in [5, 5.41) is 11.2. The van der Waals surface area contributed by atoms with Crippen LogP contribution in [0, 0.1) is 5.92 Å². The average Bonchev–Trinajstić information content (AvgIpc) is 3.15. The number of aromatic nitrogens is 3. The Morgan fingerprint density at radius 1 is 1.11 bits per heavy atom. The molecule has 140 valence electrons. The van der Waals surface area contributed by atoms with Crippen LogP contribution in [0.25, 0.3) is 0 Å². The monoisotopic (exact) mass is 364 g/mol. The Morgan fingerprint density at radius 2 is 1.81 bits per heavy atom. The fourth-order valence-electron chi connectivity index (χ4n) is 2.91. The molecular formula is C21H24N4O2. The van der Waals surface area contributed by atoms with Crippen LogP contribution in [0.2, 0.25) is 0 Å². The lowest BCUT2D eigenvalue weighted by Gasteiger charge is -2.22. The number of carbonyl (C=O) groups is 1. The van der Waals surface area contributed by atoms with Gasteiger partial charge in [-0.3, -0.25) is 4.79 Å². The molecule has 2 aromatic carbocycles. The molecule has 0 saturated heterocycles. The van der Waals surface area contributed by atoms with Crippen LogP contribution in [0.5, 0.6) is 5.75 Å². The first kappa shape index (κ1) is 18.6. The molecule has 0 spiro atoms. The highest BCUT2D eigenvalue weighted by atomic mass is 16.5. The Labute approximate surface area is 159 Å². The van der Waals surface area contributed by atoms with E-state index in [1.54, 1.807) is 18.0 Å². The molecule has 3 rings (SSSR count). The number of benzene rings is 2. The molecule has 1 heterocycles. The molecule has 1 amide bonds. The Morgan fingerprint density at radius 3 is 2.44 bits per heavy atom. The minimum atomic E-state index is -0.233. The van der Waals surface area contributed by atoms with Gasteiger partial charge in [-0.25, -0.2) is 4.68 Å². The van der Waals surface area contributed by atoms with E-state index in [-0.39, 0.29) is 17.9 Å². The summed E-state index contributed by atoms with van der Waals surface area (Å²) >= 11 is 0. The molecule has 0 aliphatic carbocycles. The fourth-order valence-corrected chi connectivity index (χ4v) is 2.91. The van der Waals surface area contributed by atoms with Crippen molar-refractivity contribution in [2.45, 2.75) is 26.4 Å². The molecule has 3 aromatic rings. The van der Waals surface area contributed by atoms with Crippen molar-refractivity contribution in [3.05, 3.63) is 77.6 Å². The van der Waals surface area contributed by atoms with E-state index in [1.165, 1.54) is 0 Å². The summed E-state index contributed by atoms with van der Waals surface area (Å²) in [5.41, 5.74) is 2.44. The second kappa shape index (κ2) is 8.49. The first-order valence-corrected chi connectivity index (χ1v) is 8.95. The normalized spacial score (nSPS) is 12.0. The van der Waals surface area contributed by atoms with Crippen molar-refractivity contribution in [3.8, 4) is 5.75 Å². The van der Waals surface area contributed by atoms with Gasteiger partial charge in [-0.15, -0.1) is 5.10 Å². The molecular weight excluding hydrogens is 340 g/mol. The van der Waals surface area contributed by atoms with Crippen molar-refractivity contribution < 1.29 is 9.53 Å². The molecule has 0 bridgehead atoms. The van der Waals surface area contributed by atoms with Crippen LogP contribution >= 0.6 is 0 Å². The third-order valence-corrected chi connectivity index (χ3v) is 4.39. The van der Waals surface area contributed by atoms with Gasteiger partial charge in [0, 0.05) is 0 Å². The van der Waals surface area contributed by atoms with Gasteiger partial charge in [-0.2, -0.15) is 0 Å². The van der Waals surface area contributed by atoms with E-state index in [0.29, 0.717) is 12.2 Å². The number of hydrogen-bond acceptors (Lipinski definition) is 4.